The summed E-state index contributed by atoms with van der Waals surface area (Å²) < 4.78 is 34.2. The number of carbonyl (C=O) groups excluding carboxylic acids is 1. The van der Waals surface area contributed by atoms with E-state index in [2.05, 4.69) is 11.8 Å². The van der Waals surface area contributed by atoms with Crippen molar-refractivity contribution < 1.29 is 18.3 Å². The molecule has 0 spiro atoms. The Morgan fingerprint density at radius 3 is 2.28 bits per heavy atom. The number of amides is 1. The number of carbonyl (C=O) groups is 1. The normalized spacial score (nSPS) is 16.7. The molecule has 4 nitrogen and oxygen atoms in total. The van der Waals surface area contributed by atoms with Gasteiger partial charge >= 0.3 is 0 Å². The van der Waals surface area contributed by atoms with Crippen LogP contribution in [0.4, 0.5) is 8.78 Å². The Balaban J connectivity index is 1.65. The van der Waals surface area contributed by atoms with E-state index in [-0.39, 0.29) is 30.1 Å². The molecule has 1 heterocycles. The van der Waals surface area contributed by atoms with Gasteiger partial charge in [0.25, 0.3) is 0 Å². The van der Waals surface area contributed by atoms with Crippen LogP contribution in [-0.2, 0) is 16.1 Å². The Morgan fingerprint density at radius 2 is 1.69 bits per heavy atom. The lowest BCUT2D eigenvalue weighted by atomic mass is 10.0. The van der Waals surface area contributed by atoms with Crippen molar-refractivity contribution in [3.05, 3.63) is 70.2 Å². The lowest BCUT2D eigenvalue weighted by Crippen LogP contribution is -2.50. The van der Waals surface area contributed by atoms with Gasteiger partial charge in [-0.2, -0.15) is 0 Å². The Morgan fingerprint density at radius 1 is 1.06 bits per heavy atom. The number of rotatable bonds is 9. The number of hydrogen-bond acceptors (Lipinski definition) is 3. The first-order chi connectivity index (χ1) is 15.4. The highest BCUT2D eigenvalue weighted by molar-refractivity contribution is 6.30. The number of hydrogen-bond donors (Lipinski definition) is 0. The van der Waals surface area contributed by atoms with Crippen LogP contribution in [0, 0.1) is 17.6 Å². The third-order valence-corrected chi connectivity index (χ3v) is 6.24. The molecule has 1 aliphatic heterocycles. The first-order valence-corrected chi connectivity index (χ1v) is 11.6. The maximum absolute atomic E-state index is 14.1. The van der Waals surface area contributed by atoms with Gasteiger partial charge in [0, 0.05) is 49.2 Å². The quantitative estimate of drug-likeness (QED) is 0.494. The van der Waals surface area contributed by atoms with Crippen LogP contribution in [0.3, 0.4) is 0 Å². The van der Waals surface area contributed by atoms with Gasteiger partial charge in [-0.25, -0.2) is 8.78 Å². The summed E-state index contributed by atoms with van der Waals surface area (Å²) in [5.74, 6) is -0.972. The minimum Gasteiger partial charge on any atom is -0.367 e. The Kier molecular flexibility index (Phi) is 9.02. The monoisotopic (exact) mass is 464 g/mol. The molecule has 0 bridgehead atoms. The van der Waals surface area contributed by atoms with Gasteiger partial charge in [0.15, 0.2) is 0 Å². The molecule has 32 heavy (non-hydrogen) atoms. The second-order valence-electron chi connectivity index (χ2n) is 8.37. The summed E-state index contributed by atoms with van der Waals surface area (Å²) in [7, 11) is 0. The van der Waals surface area contributed by atoms with E-state index in [1.54, 1.807) is 12.1 Å². The van der Waals surface area contributed by atoms with E-state index in [1.165, 1.54) is 18.2 Å². The fourth-order valence-electron chi connectivity index (χ4n) is 4.04. The summed E-state index contributed by atoms with van der Waals surface area (Å²) in [5, 5.41) is 0.612. The minimum atomic E-state index is -0.617. The highest BCUT2D eigenvalue weighted by Crippen LogP contribution is 2.25. The zero-order valence-electron chi connectivity index (χ0n) is 18.7. The number of benzene rings is 2. The molecule has 0 aromatic heterocycles. The van der Waals surface area contributed by atoms with Gasteiger partial charge in [-0.3, -0.25) is 9.69 Å². The van der Waals surface area contributed by atoms with Gasteiger partial charge in [-0.15, -0.1) is 0 Å². The second-order valence-corrected chi connectivity index (χ2v) is 8.80. The van der Waals surface area contributed by atoms with Crippen molar-refractivity contribution in [1.29, 1.82) is 0 Å². The summed E-state index contributed by atoms with van der Waals surface area (Å²) in [4.78, 5) is 16.8. The average molecular weight is 465 g/mol. The zero-order chi connectivity index (χ0) is 23.1. The maximum atomic E-state index is 14.1. The van der Waals surface area contributed by atoms with Crippen LogP contribution in [0.1, 0.15) is 43.9 Å². The van der Waals surface area contributed by atoms with E-state index in [0.29, 0.717) is 24.7 Å². The van der Waals surface area contributed by atoms with E-state index in [4.69, 9.17) is 16.3 Å². The Bertz CT molecular complexity index is 866. The van der Waals surface area contributed by atoms with Gasteiger partial charge in [-0.05, 0) is 36.2 Å². The molecule has 1 fully saturated rings. The summed E-state index contributed by atoms with van der Waals surface area (Å²) in [6, 6.07) is 11.1. The highest BCUT2D eigenvalue weighted by atomic mass is 35.5. The molecule has 174 valence electrons. The van der Waals surface area contributed by atoms with Crippen LogP contribution < -0.4 is 0 Å². The molecule has 2 unspecified atom stereocenters. The molecular formula is C25H31ClF2N2O2. The lowest BCUT2D eigenvalue weighted by Gasteiger charge is -2.37. The molecule has 1 aliphatic rings. The Labute approximate surface area is 194 Å². The van der Waals surface area contributed by atoms with Gasteiger partial charge in [0.05, 0.1) is 12.7 Å². The van der Waals surface area contributed by atoms with Crippen LogP contribution >= 0.6 is 11.6 Å². The lowest BCUT2D eigenvalue weighted by molar-refractivity contribution is -0.137. The largest absolute Gasteiger partial charge is 0.367 e. The van der Waals surface area contributed by atoms with Crippen LogP contribution in [0.25, 0.3) is 0 Å². The summed E-state index contributed by atoms with van der Waals surface area (Å²) >= 11 is 6.03. The molecule has 2 atom stereocenters. The smallest absolute Gasteiger partial charge is 0.225 e. The topological polar surface area (TPSA) is 32.8 Å². The van der Waals surface area contributed by atoms with E-state index in [9.17, 15) is 13.6 Å². The van der Waals surface area contributed by atoms with Gasteiger partial charge in [0.1, 0.15) is 11.6 Å². The third kappa shape index (κ3) is 6.50. The van der Waals surface area contributed by atoms with E-state index in [0.717, 1.165) is 31.5 Å². The second kappa shape index (κ2) is 11.7. The molecule has 2 aromatic carbocycles. The van der Waals surface area contributed by atoms with Crippen LogP contribution in [0.15, 0.2) is 42.5 Å². The van der Waals surface area contributed by atoms with Crippen molar-refractivity contribution in [3.8, 4) is 0 Å². The van der Waals surface area contributed by atoms with Crippen molar-refractivity contribution >= 4 is 17.5 Å². The summed E-state index contributed by atoms with van der Waals surface area (Å²) in [6.07, 6.45) is 1.51. The van der Waals surface area contributed by atoms with Crippen LogP contribution in [0.2, 0.25) is 5.02 Å². The van der Waals surface area contributed by atoms with Crippen molar-refractivity contribution in [2.75, 3.05) is 32.7 Å². The average Bonchev–Trinajstić information content (AvgIpc) is 2.78. The first kappa shape index (κ1) is 24.6. The fraction of sp³-hybridized carbons (Fsp3) is 0.480. The van der Waals surface area contributed by atoms with Crippen molar-refractivity contribution in [2.24, 2.45) is 5.92 Å². The molecule has 0 saturated carbocycles. The first-order valence-electron chi connectivity index (χ1n) is 11.2. The van der Waals surface area contributed by atoms with Gasteiger partial charge in [-0.1, -0.05) is 50.1 Å². The third-order valence-electron chi connectivity index (χ3n) is 5.98. The zero-order valence-corrected chi connectivity index (χ0v) is 19.5. The van der Waals surface area contributed by atoms with Crippen molar-refractivity contribution in [3.63, 3.8) is 0 Å². The predicted octanol–water partition coefficient (Wildman–Crippen LogP) is 5.46. The van der Waals surface area contributed by atoms with E-state index < -0.39 is 11.6 Å². The molecule has 2 aromatic rings. The molecule has 1 saturated heterocycles. The molecule has 1 amide bonds. The summed E-state index contributed by atoms with van der Waals surface area (Å²) in [6.45, 7) is 7.27. The molecule has 3 rings (SSSR count). The molecular weight excluding hydrogens is 434 g/mol. The van der Waals surface area contributed by atoms with E-state index in [1.807, 2.05) is 24.0 Å². The minimum absolute atomic E-state index is 0.0485. The predicted molar refractivity (Wildman–Crippen MR) is 122 cm³/mol. The highest BCUT2D eigenvalue weighted by Gasteiger charge is 2.26. The van der Waals surface area contributed by atoms with Crippen LogP contribution in [0.5, 0.6) is 0 Å². The van der Waals surface area contributed by atoms with Crippen molar-refractivity contribution in [2.45, 2.75) is 39.4 Å². The fourth-order valence-corrected chi connectivity index (χ4v) is 4.17. The molecule has 7 heteroatoms. The number of halogens is 3. The number of piperazine rings is 1. The van der Waals surface area contributed by atoms with Crippen LogP contribution in [-0.4, -0.2) is 48.4 Å². The number of ether oxygens (including phenoxy) is 1. The van der Waals surface area contributed by atoms with Crippen molar-refractivity contribution in [1.82, 2.24) is 9.80 Å². The standard InChI is InChI=1S/C25H31ClF2N2O2/c1-3-5-18(2)25(31)30-14-12-29(13-15-30)16-24(19-8-10-20(26)11-9-19)32-17-21-22(27)6-4-7-23(21)28/h4,6-11,18,24H,3,5,12-17H2,1-2H3. The molecule has 0 radical (unpaired) electrons. The van der Waals surface area contributed by atoms with Gasteiger partial charge in [0.2, 0.25) is 5.91 Å². The molecule has 0 aliphatic carbocycles. The van der Waals surface area contributed by atoms with Gasteiger partial charge < -0.3 is 9.64 Å². The maximum Gasteiger partial charge on any atom is 0.225 e. The number of nitrogens with zero attached hydrogens (tertiary/aromatic N) is 2. The molecule has 0 N–H and O–H groups in total. The van der Waals surface area contributed by atoms with E-state index >= 15 is 0 Å². The Hall–Kier alpha value is -2.02. The summed E-state index contributed by atoms with van der Waals surface area (Å²) in [5.41, 5.74) is 0.813. The SMILES string of the molecule is CCCC(C)C(=O)N1CCN(CC(OCc2c(F)cccc2F)c2ccc(Cl)cc2)CC1.